The quantitative estimate of drug-likeness (QED) is 0.423. The van der Waals surface area contributed by atoms with Crippen LogP contribution in [0.15, 0.2) is 12.2 Å². The largest absolute Gasteiger partial charge is 0.481 e. The van der Waals surface area contributed by atoms with Gasteiger partial charge in [0.1, 0.15) is 5.92 Å². The van der Waals surface area contributed by atoms with Crippen LogP contribution in [0.3, 0.4) is 0 Å². The predicted molar refractivity (Wildman–Crippen MR) is 92.7 cm³/mol. The van der Waals surface area contributed by atoms with Crippen LogP contribution in [0.25, 0.3) is 0 Å². The van der Waals surface area contributed by atoms with Crippen molar-refractivity contribution < 1.29 is 19.4 Å². The van der Waals surface area contributed by atoms with E-state index < -0.39 is 23.9 Å². The van der Waals surface area contributed by atoms with Gasteiger partial charge in [-0.05, 0) is 6.42 Å². The number of unbranched alkanes of at least 4 members (excludes halogenated alkanes) is 8. The van der Waals surface area contributed by atoms with E-state index in [4.69, 9.17) is 4.74 Å². The number of amides is 1. The SMILES string of the molecule is CCCCCCCCCCCNC(=O)[C@H]1[C@@H](C(=O)O)[C@H]2C=C[C@H]1O2. The number of nitrogens with one attached hydrogen (secondary N) is 1. The maximum absolute atomic E-state index is 12.3. The topological polar surface area (TPSA) is 75.6 Å². The number of hydrogen-bond acceptors (Lipinski definition) is 3. The lowest BCUT2D eigenvalue weighted by atomic mass is 9.82. The molecule has 2 N–H and O–H groups in total. The molecule has 2 bridgehead atoms. The zero-order chi connectivity index (χ0) is 17.4. The highest BCUT2D eigenvalue weighted by molar-refractivity contribution is 5.87. The summed E-state index contributed by atoms with van der Waals surface area (Å²) in [6, 6.07) is 0. The van der Waals surface area contributed by atoms with Gasteiger partial charge in [0.25, 0.3) is 0 Å². The van der Waals surface area contributed by atoms with E-state index in [0.29, 0.717) is 6.54 Å². The highest BCUT2D eigenvalue weighted by Crippen LogP contribution is 2.39. The Balaban J connectivity index is 1.55. The van der Waals surface area contributed by atoms with Gasteiger partial charge in [0.2, 0.25) is 5.91 Å². The lowest BCUT2D eigenvalue weighted by Crippen LogP contribution is -2.42. The summed E-state index contributed by atoms with van der Waals surface area (Å²) in [5.41, 5.74) is 0. The maximum Gasteiger partial charge on any atom is 0.310 e. The van der Waals surface area contributed by atoms with Crippen LogP contribution in [0.5, 0.6) is 0 Å². The number of carboxylic acid groups (broad SMARTS) is 1. The molecule has 2 aliphatic rings. The molecule has 24 heavy (non-hydrogen) atoms. The molecular formula is C19H31NO4. The molecule has 0 aromatic rings. The van der Waals surface area contributed by atoms with Crippen LogP contribution in [0.2, 0.25) is 0 Å². The summed E-state index contributed by atoms with van der Waals surface area (Å²) >= 11 is 0. The van der Waals surface area contributed by atoms with Gasteiger partial charge >= 0.3 is 5.97 Å². The summed E-state index contributed by atoms with van der Waals surface area (Å²) < 4.78 is 5.53. The third kappa shape index (κ3) is 5.07. The molecule has 5 heteroatoms. The molecule has 0 aliphatic carbocycles. The first kappa shape index (κ1) is 19.0. The molecule has 4 atom stereocenters. The molecule has 0 saturated carbocycles. The number of ether oxygens (including phenoxy) is 1. The third-order valence-corrected chi connectivity index (χ3v) is 5.07. The second kappa shape index (κ2) is 9.82. The Hall–Kier alpha value is -1.36. The summed E-state index contributed by atoms with van der Waals surface area (Å²) in [6.45, 7) is 2.85. The molecule has 2 heterocycles. The lowest BCUT2D eigenvalue weighted by Gasteiger charge is -2.20. The molecule has 0 aromatic carbocycles. The standard InChI is InChI=1S/C19H31NO4/c1-2-3-4-5-6-7-8-9-10-13-20-18(21)16-14-11-12-15(24-14)17(16)19(22)23/h11-12,14-17H,2-10,13H2,1H3,(H,20,21)(H,22,23)/t14-,15-,16-,17+/m1/s1. The Kier molecular flexibility index (Phi) is 7.76. The number of aliphatic carboxylic acids is 1. The zero-order valence-corrected chi connectivity index (χ0v) is 14.7. The molecular weight excluding hydrogens is 306 g/mol. The first-order valence-corrected chi connectivity index (χ1v) is 9.49. The van der Waals surface area contributed by atoms with Gasteiger partial charge in [-0.2, -0.15) is 0 Å². The first-order valence-electron chi connectivity index (χ1n) is 9.49. The molecule has 1 saturated heterocycles. The van der Waals surface area contributed by atoms with Gasteiger partial charge in [-0.3, -0.25) is 9.59 Å². The highest BCUT2D eigenvalue weighted by atomic mass is 16.5. The van der Waals surface area contributed by atoms with E-state index in [9.17, 15) is 14.7 Å². The summed E-state index contributed by atoms with van der Waals surface area (Å²) in [7, 11) is 0. The van der Waals surface area contributed by atoms with Crippen molar-refractivity contribution in [3.05, 3.63) is 12.2 Å². The van der Waals surface area contributed by atoms with Crippen LogP contribution < -0.4 is 5.32 Å². The number of hydrogen-bond donors (Lipinski definition) is 2. The Morgan fingerprint density at radius 2 is 1.46 bits per heavy atom. The number of carboxylic acids is 1. The minimum atomic E-state index is -0.949. The van der Waals surface area contributed by atoms with Gasteiger partial charge in [-0.25, -0.2) is 0 Å². The van der Waals surface area contributed by atoms with Crippen molar-refractivity contribution in [1.82, 2.24) is 5.32 Å². The number of carbonyl (C=O) groups excluding carboxylic acids is 1. The number of fused-ring (bicyclic) bond motifs is 2. The summed E-state index contributed by atoms with van der Waals surface area (Å²) in [4.78, 5) is 23.7. The van der Waals surface area contributed by atoms with Crippen molar-refractivity contribution in [1.29, 1.82) is 0 Å². The van der Waals surface area contributed by atoms with Crippen LogP contribution in [-0.4, -0.2) is 35.7 Å². The number of carbonyl (C=O) groups is 2. The molecule has 2 rings (SSSR count). The molecule has 0 radical (unpaired) electrons. The van der Waals surface area contributed by atoms with E-state index in [1.165, 1.54) is 44.9 Å². The second-order valence-corrected chi connectivity index (χ2v) is 6.96. The van der Waals surface area contributed by atoms with Crippen molar-refractivity contribution in [3.63, 3.8) is 0 Å². The molecule has 0 spiro atoms. The monoisotopic (exact) mass is 337 g/mol. The van der Waals surface area contributed by atoms with Crippen LogP contribution >= 0.6 is 0 Å². The van der Waals surface area contributed by atoms with E-state index in [2.05, 4.69) is 12.2 Å². The molecule has 5 nitrogen and oxygen atoms in total. The minimum absolute atomic E-state index is 0.182. The normalized spacial score (nSPS) is 27.5. The first-order chi connectivity index (χ1) is 11.6. The van der Waals surface area contributed by atoms with E-state index in [1.54, 1.807) is 6.08 Å². The van der Waals surface area contributed by atoms with Crippen molar-refractivity contribution in [2.24, 2.45) is 11.8 Å². The highest BCUT2D eigenvalue weighted by Gasteiger charge is 2.53. The molecule has 0 unspecified atom stereocenters. The van der Waals surface area contributed by atoms with E-state index >= 15 is 0 Å². The van der Waals surface area contributed by atoms with Crippen LogP contribution in [0, 0.1) is 11.8 Å². The Morgan fingerprint density at radius 1 is 0.917 bits per heavy atom. The van der Waals surface area contributed by atoms with Crippen LogP contribution in [-0.2, 0) is 14.3 Å². The second-order valence-electron chi connectivity index (χ2n) is 6.96. The fourth-order valence-electron chi connectivity index (χ4n) is 3.68. The molecule has 136 valence electrons. The van der Waals surface area contributed by atoms with Crippen LogP contribution in [0.4, 0.5) is 0 Å². The van der Waals surface area contributed by atoms with Crippen LogP contribution in [0.1, 0.15) is 64.7 Å². The lowest BCUT2D eigenvalue weighted by molar-refractivity contribution is -0.146. The molecule has 2 aliphatic heterocycles. The molecule has 1 amide bonds. The smallest absolute Gasteiger partial charge is 0.310 e. The van der Waals surface area contributed by atoms with Crippen molar-refractivity contribution in [3.8, 4) is 0 Å². The summed E-state index contributed by atoms with van der Waals surface area (Å²) in [5.74, 6) is -2.46. The Morgan fingerprint density at radius 3 is 2.04 bits per heavy atom. The number of rotatable bonds is 12. The van der Waals surface area contributed by atoms with E-state index in [0.717, 1.165) is 12.8 Å². The minimum Gasteiger partial charge on any atom is -0.481 e. The van der Waals surface area contributed by atoms with Gasteiger partial charge in [-0.15, -0.1) is 0 Å². The fraction of sp³-hybridized carbons (Fsp3) is 0.789. The summed E-state index contributed by atoms with van der Waals surface area (Å²) in [6.07, 6.45) is 13.9. The fourth-order valence-corrected chi connectivity index (χ4v) is 3.68. The van der Waals surface area contributed by atoms with Gasteiger partial charge in [0.05, 0.1) is 18.1 Å². The average molecular weight is 337 g/mol. The summed E-state index contributed by atoms with van der Waals surface area (Å²) in [5, 5.41) is 12.2. The average Bonchev–Trinajstić information content (AvgIpc) is 3.17. The predicted octanol–water partition coefficient (Wildman–Crippen LogP) is 3.29. The van der Waals surface area contributed by atoms with Gasteiger partial charge in [0, 0.05) is 6.54 Å². The Bertz CT molecular complexity index is 449. The van der Waals surface area contributed by atoms with Crippen molar-refractivity contribution >= 4 is 11.9 Å². The Labute approximate surface area is 144 Å². The van der Waals surface area contributed by atoms with Gasteiger partial charge in [-0.1, -0.05) is 70.4 Å². The zero-order valence-electron chi connectivity index (χ0n) is 14.7. The van der Waals surface area contributed by atoms with Crippen molar-refractivity contribution in [2.75, 3.05) is 6.54 Å². The van der Waals surface area contributed by atoms with Gasteiger partial charge < -0.3 is 15.2 Å². The third-order valence-electron chi connectivity index (χ3n) is 5.07. The van der Waals surface area contributed by atoms with E-state index in [1.807, 2.05) is 6.08 Å². The molecule has 1 fully saturated rings. The van der Waals surface area contributed by atoms with Gasteiger partial charge in [0.15, 0.2) is 0 Å². The molecule has 0 aromatic heterocycles. The van der Waals surface area contributed by atoms with Crippen molar-refractivity contribution in [2.45, 2.75) is 76.9 Å². The maximum atomic E-state index is 12.3. The van der Waals surface area contributed by atoms with E-state index in [-0.39, 0.29) is 12.0 Å².